The van der Waals surface area contributed by atoms with Crippen LogP contribution in [0.25, 0.3) is 0 Å². The number of hydrogen-bond donors (Lipinski definition) is 0. The van der Waals surface area contributed by atoms with E-state index in [1.165, 1.54) is 0 Å². The molecule has 0 heterocycles. The van der Waals surface area contributed by atoms with Crippen molar-refractivity contribution in [3.63, 3.8) is 0 Å². The third kappa shape index (κ3) is 3.21. The van der Waals surface area contributed by atoms with Crippen LogP contribution in [0.5, 0.6) is 5.75 Å². The van der Waals surface area contributed by atoms with Gasteiger partial charge in [-0.3, -0.25) is 4.79 Å². The molecule has 14 heavy (non-hydrogen) atoms. The largest absolute Gasteiger partial charge is 0.426 e. The Hall–Kier alpha value is -1.31. The maximum Gasteiger partial charge on any atom is 0.311 e. The predicted octanol–water partition coefficient (Wildman–Crippen LogP) is 2.82. The van der Waals surface area contributed by atoms with Gasteiger partial charge in [0.1, 0.15) is 5.75 Å². The minimum atomic E-state index is -0.198. The van der Waals surface area contributed by atoms with Gasteiger partial charge < -0.3 is 4.74 Å². The maximum absolute atomic E-state index is 11.3. The Kier molecular flexibility index (Phi) is 3.69. The van der Waals surface area contributed by atoms with Crippen molar-refractivity contribution in [1.82, 2.24) is 0 Å². The molecule has 0 atom stereocenters. The van der Waals surface area contributed by atoms with Gasteiger partial charge in [0.05, 0.1) is 0 Å². The Morgan fingerprint density at radius 2 is 2.07 bits per heavy atom. The van der Waals surface area contributed by atoms with Crippen LogP contribution in [0.3, 0.4) is 0 Å². The van der Waals surface area contributed by atoms with E-state index in [1.54, 1.807) is 6.07 Å². The minimum absolute atomic E-state index is 0.198. The van der Waals surface area contributed by atoms with Gasteiger partial charge >= 0.3 is 5.97 Å². The summed E-state index contributed by atoms with van der Waals surface area (Å²) in [6, 6.07) is 7.26. The molecule has 1 radical (unpaired) electrons. The van der Waals surface area contributed by atoms with Crippen molar-refractivity contribution in [3.05, 3.63) is 36.8 Å². The zero-order valence-electron chi connectivity index (χ0n) is 8.62. The van der Waals surface area contributed by atoms with E-state index in [1.807, 2.05) is 32.0 Å². The van der Waals surface area contributed by atoms with Gasteiger partial charge in [-0.2, -0.15) is 0 Å². The molecule has 2 heteroatoms. The SMILES string of the molecule is [CH2]c1ccccc1OC(=O)CC(C)C. The van der Waals surface area contributed by atoms with E-state index in [0.29, 0.717) is 18.1 Å². The van der Waals surface area contributed by atoms with E-state index in [2.05, 4.69) is 6.92 Å². The molecule has 0 spiro atoms. The van der Waals surface area contributed by atoms with Gasteiger partial charge in [0.25, 0.3) is 0 Å². The van der Waals surface area contributed by atoms with Crippen molar-refractivity contribution in [2.24, 2.45) is 5.92 Å². The van der Waals surface area contributed by atoms with Gasteiger partial charge in [0, 0.05) is 6.42 Å². The fraction of sp³-hybridized carbons (Fsp3) is 0.333. The zero-order chi connectivity index (χ0) is 10.6. The van der Waals surface area contributed by atoms with Gasteiger partial charge in [-0.05, 0) is 24.5 Å². The van der Waals surface area contributed by atoms with Crippen LogP contribution >= 0.6 is 0 Å². The van der Waals surface area contributed by atoms with E-state index >= 15 is 0 Å². The molecule has 1 aromatic carbocycles. The second-order valence-electron chi connectivity index (χ2n) is 3.68. The van der Waals surface area contributed by atoms with Crippen LogP contribution in [-0.2, 0) is 4.79 Å². The molecule has 0 N–H and O–H groups in total. The third-order valence-electron chi connectivity index (χ3n) is 1.77. The highest BCUT2D eigenvalue weighted by atomic mass is 16.5. The predicted molar refractivity (Wildman–Crippen MR) is 56.0 cm³/mol. The Labute approximate surface area is 84.9 Å². The second kappa shape index (κ2) is 4.80. The monoisotopic (exact) mass is 191 g/mol. The molecule has 0 amide bonds. The lowest BCUT2D eigenvalue weighted by Crippen LogP contribution is -2.11. The Morgan fingerprint density at radius 1 is 1.43 bits per heavy atom. The molecule has 75 valence electrons. The molecule has 1 aromatic rings. The molecule has 0 aromatic heterocycles. The van der Waals surface area contributed by atoms with Crippen molar-refractivity contribution < 1.29 is 9.53 Å². The molecule has 0 saturated heterocycles. The number of carbonyl (C=O) groups is 1. The molecule has 0 aliphatic heterocycles. The molecule has 1 rings (SSSR count). The molecule has 0 saturated carbocycles. The van der Waals surface area contributed by atoms with Crippen LogP contribution < -0.4 is 4.74 Å². The summed E-state index contributed by atoms with van der Waals surface area (Å²) in [5.41, 5.74) is 0.740. The molecule has 0 fully saturated rings. The molecule has 0 unspecified atom stereocenters. The van der Waals surface area contributed by atoms with Crippen molar-refractivity contribution in [2.75, 3.05) is 0 Å². The highest BCUT2D eigenvalue weighted by molar-refractivity contribution is 5.73. The standard InChI is InChI=1S/C12H15O2/c1-9(2)8-12(13)14-11-7-5-4-6-10(11)3/h4-7,9H,3,8H2,1-2H3. The summed E-state index contributed by atoms with van der Waals surface area (Å²) < 4.78 is 5.15. The van der Waals surface area contributed by atoms with Crippen molar-refractivity contribution in [3.8, 4) is 5.75 Å². The first-order valence-electron chi connectivity index (χ1n) is 4.71. The van der Waals surface area contributed by atoms with E-state index in [4.69, 9.17) is 4.74 Å². The van der Waals surface area contributed by atoms with Crippen molar-refractivity contribution in [1.29, 1.82) is 0 Å². The summed E-state index contributed by atoms with van der Waals surface area (Å²) in [6.07, 6.45) is 0.439. The first kappa shape index (κ1) is 10.8. The van der Waals surface area contributed by atoms with Crippen LogP contribution in [0.15, 0.2) is 24.3 Å². The van der Waals surface area contributed by atoms with Crippen LogP contribution in [-0.4, -0.2) is 5.97 Å². The quantitative estimate of drug-likeness (QED) is 0.542. The van der Waals surface area contributed by atoms with Crippen molar-refractivity contribution >= 4 is 5.97 Å². The lowest BCUT2D eigenvalue weighted by molar-refractivity contribution is -0.135. The van der Waals surface area contributed by atoms with Gasteiger partial charge in [0.15, 0.2) is 0 Å². The average Bonchev–Trinajstić information content (AvgIpc) is 2.07. The van der Waals surface area contributed by atoms with Crippen LogP contribution in [0.2, 0.25) is 0 Å². The molecule has 0 aliphatic carbocycles. The number of ether oxygens (including phenoxy) is 1. The van der Waals surface area contributed by atoms with Gasteiger partial charge in [-0.1, -0.05) is 32.0 Å². The summed E-state index contributed by atoms with van der Waals surface area (Å²) in [5.74, 6) is 0.675. The van der Waals surface area contributed by atoms with E-state index < -0.39 is 0 Å². The normalized spacial score (nSPS) is 10.3. The molecular formula is C12H15O2. The second-order valence-corrected chi connectivity index (χ2v) is 3.68. The fourth-order valence-corrected chi connectivity index (χ4v) is 1.10. The average molecular weight is 191 g/mol. The zero-order valence-corrected chi connectivity index (χ0v) is 8.62. The summed E-state index contributed by atoms with van der Waals surface area (Å²) in [7, 11) is 0. The Bertz CT molecular complexity index is 316. The summed E-state index contributed by atoms with van der Waals surface area (Å²) in [6.45, 7) is 7.74. The third-order valence-corrected chi connectivity index (χ3v) is 1.77. The topological polar surface area (TPSA) is 26.3 Å². The smallest absolute Gasteiger partial charge is 0.311 e. The number of esters is 1. The maximum atomic E-state index is 11.3. The number of para-hydroxylation sites is 1. The summed E-state index contributed by atoms with van der Waals surface area (Å²) in [5, 5.41) is 0. The van der Waals surface area contributed by atoms with Crippen molar-refractivity contribution in [2.45, 2.75) is 20.3 Å². The van der Waals surface area contributed by atoms with Gasteiger partial charge in [-0.15, -0.1) is 0 Å². The number of benzene rings is 1. The molecule has 0 bridgehead atoms. The number of hydrogen-bond acceptors (Lipinski definition) is 2. The number of carbonyl (C=O) groups excluding carboxylic acids is 1. The molecule has 0 aliphatic rings. The van der Waals surface area contributed by atoms with E-state index in [9.17, 15) is 4.79 Å². The molecular weight excluding hydrogens is 176 g/mol. The number of rotatable bonds is 3. The van der Waals surface area contributed by atoms with Gasteiger partial charge in [0.2, 0.25) is 0 Å². The van der Waals surface area contributed by atoms with Gasteiger partial charge in [-0.25, -0.2) is 0 Å². The Morgan fingerprint density at radius 3 is 2.64 bits per heavy atom. The molecule has 2 nitrogen and oxygen atoms in total. The lowest BCUT2D eigenvalue weighted by atomic mass is 10.1. The summed E-state index contributed by atoms with van der Waals surface area (Å²) in [4.78, 5) is 11.3. The highest BCUT2D eigenvalue weighted by Crippen LogP contribution is 2.17. The van der Waals surface area contributed by atoms with Crippen LogP contribution in [0, 0.1) is 12.8 Å². The Balaban J connectivity index is 2.61. The summed E-state index contributed by atoms with van der Waals surface area (Å²) >= 11 is 0. The first-order chi connectivity index (χ1) is 6.59. The van der Waals surface area contributed by atoms with Crippen LogP contribution in [0.1, 0.15) is 25.8 Å². The minimum Gasteiger partial charge on any atom is -0.426 e. The van der Waals surface area contributed by atoms with Crippen LogP contribution in [0.4, 0.5) is 0 Å². The van der Waals surface area contributed by atoms with E-state index in [0.717, 1.165) is 5.56 Å². The lowest BCUT2D eigenvalue weighted by Gasteiger charge is -2.07. The van der Waals surface area contributed by atoms with E-state index in [-0.39, 0.29) is 5.97 Å². The first-order valence-corrected chi connectivity index (χ1v) is 4.71. The highest BCUT2D eigenvalue weighted by Gasteiger charge is 2.08. The fourth-order valence-electron chi connectivity index (χ4n) is 1.10.